The Bertz CT molecular complexity index is 628. The van der Waals surface area contributed by atoms with E-state index in [1.807, 2.05) is 25.1 Å². The van der Waals surface area contributed by atoms with Gasteiger partial charge in [-0.15, -0.1) is 0 Å². The van der Waals surface area contributed by atoms with Crippen LogP contribution >= 0.6 is 0 Å². The van der Waals surface area contributed by atoms with Crippen molar-refractivity contribution in [3.8, 4) is 11.5 Å². The van der Waals surface area contributed by atoms with Gasteiger partial charge >= 0.3 is 0 Å². The van der Waals surface area contributed by atoms with Gasteiger partial charge in [0.25, 0.3) is 5.91 Å². The van der Waals surface area contributed by atoms with Crippen molar-refractivity contribution in [3.05, 3.63) is 53.9 Å². The molecule has 1 unspecified atom stereocenters. The zero-order valence-corrected chi connectivity index (χ0v) is 11.0. The molecule has 0 radical (unpaired) electrons. The molecule has 1 aromatic heterocycles. The first kappa shape index (κ1) is 12.5. The van der Waals surface area contributed by atoms with Crippen LogP contribution in [0.1, 0.15) is 29.0 Å². The van der Waals surface area contributed by atoms with Crippen molar-refractivity contribution < 1.29 is 14.3 Å². The van der Waals surface area contributed by atoms with Gasteiger partial charge in [-0.05, 0) is 37.3 Å². The fourth-order valence-corrected chi connectivity index (χ4v) is 2.02. The number of nitrogens with zero attached hydrogens (tertiary/aromatic N) is 1. The highest BCUT2D eigenvalue weighted by atomic mass is 16.7. The van der Waals surface area contributed by atoms with Crippen LogP contribution in [0.15, 0.2) is 42.6 Å². The Morgan fingerprint density at radius 1 is 1.25 bits per heavy atom. The molecule has 0 bridgehead atoms. The highest BCUT2D eigenvalue weighted by Gasteiger charge is 2.17. The van der Waals surface area contributed by atoms with E-state index < -0.39 is 0 Å². The molecule has 1 aromatic carbocycles. The molecule has 5 nitrogen and oxygen atoms in total. The Morgan fingerprint density at radius 2 is 2.10 bits per heavy atom. The summed E-state index contributed by atoms with van der Waals surface area (Å²) in [5.41, 5.74) is 1.36. The second kappa shape index (κ2) is 5.21. The predicted molar refractivity (Wildman–Crippen MR) is 72.7 cm³/mol. The molecule has 20 heavy (non-hydrogen) atoms. The van der Waals surface area contributed by atoms with Crippen molar-refractivity contribution in [2.75, 3.05) is 6.79 Å². The van der Waals surface area contributed by atoms with Gasteiger partial charge in [-0.25, -0.2) is 0 Å². The van der Waals surface area contributed by atoms with Crippen LogP contribution in [0, 0.1) is 0 Å². The van der Waals surface area contributed by atoms with E-state index in [0.717, 1.165) is 5.69 Å². The van der Waals surface area contributed by atoms with Gasteiger partial charge in [0.1, 0.15) is 0 Å². The van der Waals surface area contributed by atoms with Gasteiger partial charge in [0.05, 0.1) is 11.7 Å². The number of amides is 1. The molecule has 3 rings (SSSR count). The average Bonchev–Trinajstić information content (AvgIpc) is 2.95. The van der Waals surface area contributed by atoms with Crippen molar-refractivity contribution >= 4 is 5.91 Å². The first-order valence-electron chi connectivity index (χ1n) is 6.35. The molecule has 1 atom stereocenters. The lowest BCUT2D eigenvalue weighted by Gasteiger charge is -2.13. The fourth-order valence-electron chi connectivity index (χ4n) is 2.02. The van der Waals surface area contributed by atoms with E-state index in [9.17, 15) is 4.79 Å². The van der Waals surface area contributed by atoms with Crippen LogP contribution in [-0.4, -0.2) is 17.7 Å². The molecule has 0 saturated heterocycles. The number of fused-ring (bicyclic) bond motifs is 1. The standard InChI is InChI=1S/C15H14N2O3/c1-10(12-4-2-3-7-16-12)17-15(18)11-5-6-13-14(8-11)20-9-19-13/h2-8,10H,9H2,1H3,(H,17,18). The van der Waals surface area contributed by atoms with Crippen molar-refractivity contribution in [2.45, 2.75) is 13.0 Å². The number of nitrogens with one attached hydrogen (secondary N) is 1. The molecule has 1 amide bonds. The molecule has 2 aromatic rings. The third kappa shape index (κ3) is 2.42. The van der Waals surface area contributed by atoms with Crippen molar-refractivity contribution in [1.29, 1.82) is 0 Å². The number of carbonyl (C=O) groups excluding carboxylic acids is 1. The van der Waals surface area contributed by atoms with Crippen molar-refractivity contribution in [2.24, 2.45) is 0 Å². The number of aromatic nitrogens is 1. The Morgan fingerprint density at radius 3 is 2.90 bits per heavy atom. The van der Waals surface area contributed by atoms with Crippen LogP contribution in [-0.2, 0) is 0 Å². The predicted octanol–water partition coefficient (Wildman–Crippen LogP) is 2.30. The van der Waals surface area contributed by atoms with E-state index in [0.29, 0.717) is 17.1 Å². The highest BCUT2D eigenvalue weighted by molar-refractivity contribution is 5.95. The molecule has 1 aliphatic heterocycles. The van der Waals surface area contributed by atoms with E-state index in [2.05, 4.69) is 10.3 Å². The minimum atomic E-state index is -0.165. The lowest BCUT2D eigenvalue weighted by Crippen LogP contribution is -2.27. The molecule has 0 aliphatic carbocycles. The van der Waals surface area contributed by atoms with Crippen LogP contribution in [0.25, 0.3) is 0 Å². The van der Waals surface area contributed by atoms with E-state index in [1.165, 1.54) is 0 Å². The number of ether oxygens (including phenoxy) is 2. The first-order valence-corrected chi connectivity index (χ1v) is 6.35. The third-order valence-corrected chi connectivity index (χ3v) is 3.11. The molecule has 102 valence electrons. The van der Waals surface area contributed by atoms with Gasteiger partial charge in [-0.2, -0.15) is 0 Å². The summed E-state index contributed by atoms with van der Waals surface area (Å²) in [4.78, 5) is 16.4. The zero-order valence-electron chi connectivity index (χ0n) is 11.0. The Kier molecular flexibility index (Phi) is 3.25. The normalized spacial score (nSPS) is 13.8. The Hall–Kier alpha value is -2.56. The van der Waals surface area contributed by atoms with Crippen molar-refractivity contribution in [1.82, 2.24) is 10.3 Å². The van der Waals surface area contributed by atoms with Crippen LogP contribution in [0.2, 0.25) is 0 Å². The minimum Gasteiger partial charge on any atom is -0.454 e. The molecule has 2 heterocycles. The zero-order chi connectivity index (χ0) is 13.9. The Balaban J connectivity index is 1.73. The molecular formula is C15H14N2O3. The number of rotatable bonds is 3. The van der Waals surface area contributed by atoms with E-state index in [-0.39, 0.29) is 18.7 Å². The average molecular weight is 270 g/mol. The summed E-state index contributed by atoms with van der Waals surface area (Å²) in [6.07, 6.45) is 1.71. The number of hydrogen-bond acceptors (Lipinski definition) is 4. The van der Waals surface area contributed by atoms with Crippen molar-refractivity contribution in [3.63, 3.8) is 0 Å². The minimum absolute atomic E-state index is 0.158. The number of hydrogen-bond donors (Lipinski definition) is 1. The van der Waals surface area contributed by atoms with Gasteiger partial charge < -0.3 is 14.8 Å². The number of pyridine rings is 1. The number of carbonyl (C=O) groups is 1. The summed E-state index contributed by atoms with van der Waals surface area (Å²) >= 11 is 0. The van der Waals surface area contributed by atoms with E-state index in [1.54, 1.807) is 24.4 Å². The molecule has 1 aliphatic rings. The number of benzene rings is 1. The molecule has 0 spiro atoms. The summed E-state index contributed by atoms with van der Waals surface area (Å²) in [6.45, 7) is 2.10. The van der Waals surface area contributed by atoms with E-state index in [4.69, 9.17) is 9.47 Å². The fraction of sp³-hybridized carbons (Fsp3) is 0.200. The van der Waals surface area contributed by atoms with Gasteiger partial charge in [0.15, 0.2) is 11.5 Å². The summed E-state index contributed by atoms with van der Waals surface area (Å²) in [5.74, 6) is 1.10. The van der Waals surface area contributed by atoms with Gasteiger partial charge in [-0.3, -0.25) is 9.78 Å². The highest BCUT2D eigenvalue weighted by Crippen LogP contribution is 2.32. The van der Waals surface area contributed by atoms with Crippen LogP contribution in [0.4, 0.5) is 0 Å². The summed E-state index contributed by atoms with van der Waals surface area (Å²) in [5, 5.41) is 2.91. The van der Waals surface area contributed by atoms with E-state index >= 15 is 0 Å². The Labute approximate surface area is 116 Å². The summed E-state index contributed by atoms with van der Waals surface area (Å²) in [7, 11) is 0. The lowest BCUT2D eigenvalue weighted by molar-refractivity contribution is 0.0938. The molecule has 1 N–H and O–H groups in total. The smallest absolute Gasteiger partial charge is 0.251 e. The maximum absolute atomic E-state index is 12.2. The van der Waals surface area contributed by atoms with Crippen LogP contribution in [0.3, 0.4) is 0 Å². The molecule has 5 heteroatoms. The maximum atomic E-state index is 12.2. The summed E-state index contributed by atoms with van der Waals surface area (Å²) in [6, 6.07) is 10.6. The summed E-state index contributed by atoms with van der Waals surface area (Å²) < 4.78 is 10.5. The van der Waals surface area contributed by atoms with Gasteiger partial charge in [0.2, 0.25) is 6.79 Å². The second-order valence-electron chi connectivity index (χ2n) is 4.52. The molecular weight excluding hydrogens is 256 g/mol. The van der Waals surface area contributed by atoms with Gasteiger partial charge in [-0.1, -0.05) is 6.07 Å². The second-order valence-corrected chi connectivity index (χ2v) is 4.52. The van der Waals surface area contributed by atoms with Crippen LogP contribution < -0.4 is 14.8 Å². The topological polar surface area (TPSA) is 60.5 Å². The third-order valence-electron chi connectivity index (χ3n) is 3.11. The first-order chi connectivity index (χ1) is 9.74. The quantitative estimate of drug-likeness (QED) is 0.929. The van der Waals surface area contributed by atoms with Crippen LogP contribution in [0.5, 0.6) is 11.5 Å². The maximum Gasteiger partial charge on any atom is 0.251 e. The molecule has 0 saturated carbocycles. The SMILES string of the molecule is CC(NC(=O)c1ccc2c(c1)OCO2)c1ccccn1. The lowest BCUT2D eigenvalue weighted by atomic mass is 10.1. The monoisotopic (exact) mass is 270 g/mol. The molecule has 0 fully saturated rings. The largest absolute Gasteiger partial charge is 0.454 e. The van der Waals surface area contributed by atoms with Gasteiger partial charge in [0, 0.05) is 11.8 Å².